The molecule has 5 nitrogen and oxygen atoms in total. The van der Waals surface area contributed by atoms with Crippen LogP contribution in [0.3, 0.4) is 0 Å². The van der Waals surface area contributed by atoms with Gasteiger partial charge in [0.1, 0.15) is 11.3 Å². The first-order valence-corrected chi connectivity index (χ1v) is 6.95. The number of benzene rings is 1. The molecule has 112 valence electrons. The van der Waals surface area contributed by atoms with Crippen molar-refractivity contribution < 1.29 is 18.7 Å². The third-order valence-corrected chi connectivity index (χ3v) is 3.47. The van der Waals surface area contributed by atoms with Gasteiger partial charge < -0.3 is 13.7 Å². The van der Waals surface area contributed by atoms with E-state index < -0.39 is 5.97 Å². The van der Waals surface area contributed by atoms with Crippen LogP contribution in [0.5, 0.6) is 0 Å². The fourth-order valence-corrected chi connectivity index (χ4v) is 2.39. The summed E-state index contributed by atoms with van der Waals surface area (Å²) in [6.45, 7) is 0. The third kappa shape index (κ3) is 2.53. The first-order valence-electron chi connectivity index (χ1n) is 6.95. The maximum Gasteiger partial charge on any atom is 0.305 e. The Hall–Kier alpha value is -2.82. The van der Waals surface area contributed by atoms with Gasteiger partial charge in [0.2, 0.25) is 5.78 Å². The van der Waals surface area contributed by atoms with E-state index in [9.17, 15) is 9.59 Å². The molecule has 0 atom stereocenters. The average molecular weight is 297 g/mol. The van der Waals surface area contributed by atoms with Crippen LogP contribution in [-0.4, -0.2) is 23.4 Å². The van der Waals surface area contributed by atoms with E-state index in [-0.39, 0.29) is 24.4 Å². The van der Waals surface area contributed by atoms with Crippen molar-refractivity contribution in [2.24, 2.45) is 0 Å². The smallest absolute Gasteiger partial charge is 0.305 e. The second kappa shape index (κ2) is 5.89. The molecule has 22 heavy (non-hydrogen) atoms. The lowest BCUT2D eigenvalue weighted by molar-refractivity contribution is -0.140. The molecule has 0 unspecified atom stereocenters. The lowest BCUT2D eigenvalue weighted by Crippen LogP contribution is -2.07. The SMILES string of the molecule is COC(=O)CCC(=O)c1oc2ccccc2c1-n1cccc1. The summed E-state index contributed by atoms with van der Waals surface area (Å²) in [5.74, 6) is -0.362. The molecule has 0 fully saturated rings. The molecule has 0 bridgehead atoms. The number of Topliss-reactive ketones (excluding diaryl/α,β-unsaturated/α-hetero) is 1. The number of nitrogens with zero attached hydrogens (tertiary/aromatic N) is 1. The topological polar surface area (TPSA) is 61.4 Å². The number of carbonyl (C=O) groups excluding carboxylic acids is 2. The van der Waals surface area contributed by atoms with Crippen molar-refractivity contribution in [3.63, 3.8) is 0 Å². The maximum absolute atomic E-state index is 12.4. The van der Waals surface area contributed by atoms with E-state index >= 15 is 0 Å². The third-order valence-electron chi connectivity index (χ3n) is 3.47. The molecule has 0 radical (unpaired) electrons. The van der Waals surface area contributed by atoms with Crippen LogP contribution >= 0.6 is 0 Å². The molecule has 2 aromatic heterocycles. The Kier molecular flexibility index (Phi) is 3.78. The number of hydrogen-bond acceptors (Lipinski definition) is 4. The standard InChI is InChI=1S/C17H15NO4/c1-21-15(20)9-8-13(19)17-16(18-10-4-5-11-18)12-6-2-3-7-14(12)22-17/h2-7,10-11H,8-9H2,1H3. The Morgan fingerprint density at radius 2 is 1.82 bits per heavy atom. The summed E-state index contributed by atoms with van der Waals surface area (Å²) in [5, 5.41) is 0.861. The van der Waals surface area contributed by atoms with Gasteiger partial charge in [0, 0.05) is 24.2 Å². The Labute approximate surface area is 127 Å². The second-order valence-electron chi connectivity index (χ2n) is 4.87. The van der Waals surface area contributed by atoms with E-state index in [1.165, 1.54) is 7.11 Å². The zero-order valence-electron chi connectivity index (χ0n) is 12.1. The number of fused-ring (bicyclic) bond motifs is 1. The van der Waals surface area contributed by atoms with Crippen LogP contribution in [0.4, 0.5) is 0 Å². The minimum atomic E-state index is -0.410. The van der Waals surface area contributed by atoms with Crippen molar-refractivity contribution in [2.75, 3.05) is 7.11 Å². The molecule has 0 aliphatic carbocycles. The molecule has 0 N–H and O–H groups in total. The number of rotatable bonds is 5. The van der Waals surface area contributed by atoms with Gasteiger partial charge in [-0.1, -0.05) is 12.1 Å². The van der Waals surface area contributed by atoms with Crippen molar-refractivity contribution in [3.8, 4) is 5.69 Å². The van der Waals surface area contributed by atoms with Gasteiger partial charge in [0.05, 0.1) is 13.5 Å². The molecular weight excluding hydrogens is 282 g/mol. The summed E-state index contributed by atoms with van der Waals surface area (Å²) in [6, 6.07) is 11.2. The van der Waals surface area contributed by atoms with E-state index in [1.807, 2.05) is 53.4 Å². The van der Waals surface area contributed by atoms with Gasteiger partial charge in [-0.3, -0.25) is 9.59 Å². The van der Waals surface area contributed by atoms with Gasteiger partial charge >= 0.3 is 5.97 Å². The minimum absolute atomic E-state index is 0.0392. The Balaban J connectivity index is 2.03. The number of methoxy groups -OCH3 is 1. The van der Waals surface area contributed by atoms with Gasteiger partial charge in [-0.05, 0) is 24.3 Å². The zero-order valence-corrected chi connectivity index (χ0v) is 12.1. The predicted molar refractivity (Wildman–Crippen MR) is 81.1 cm³/mol. The summed E-state index contributed by atoms with van der Waals surface area (Å²) >= 11 is 0. The molecule has 3 aromatic rings. The van der Waals surface area contributed by atoms with Crippen LogP contribution in [0.2, 0.25) is 0 Å². The molecule has 0 aliphatic rings. The quantitative estimate of drug-likeness (QED) is 0.535. The molecule has 0 amide bonds. The molecular formula is C17H15NO4. The molecule has 0 saturated heterocycles. The van der Waals surface area contributed by atoms with Crippen LogP contribution < -0.4 is 0 Å². The van der Waals surface area contributed by atoms with Gasteiger partial charge in [0.15, 0.2) is 5.76 Å². The molecule has 1 aromatic carbocycles. The van der Waals surface area contributed by atoms with Crippen molar-refractivity contribution in [2.45, 2.75) is 12.8 Å². The highest BCUT2D eigenvalue weighted by Gasteiger charge is 2.22. The number of esters is 1. The molecule has 3 rings (SSSR count). The predicted octanol–water partition coefficient (Wildman–Crippen LogP) is 3.36. The Morgan fingerprint density at radius 1 is 1.09 bits per heavy atom. The van der Waals surface area contributed by atoms with Crippen molar-refractivity contribution in [3.05, 3.63) is 54.6 Å². The fraction of sp³-hybridized carbons (Fsp3) is 0.176. The van der Waals surface area contributed by atoms with Crippen LogP contribution in [0.15, 0.2) is 53.2 Å². The number of ketones is 1. The minimum Gasteiger partial charge on any atom is -0.469 e. The molecule has 2 heterocycles. The molecule has 0 aliphatic heterocycles. The van der Waals surface area contributed by atoms with Gasteiger partial charge in [-0.2, -0.15) is 0 Å². The fourth-order valence-electron chi connectivity index (χ4n) is 2.39. The van der Waals surface area contributed by atoms with Crippen LogP contribution in [0, 0.1) is 0 Å². The highest BCUT2D eigenvalue weighted by atomic mass is 16.5. The first-order chi connectivity index (χ1) is 10.7. The van der Waals surface area contributed by atoms with Crippen molar-refractivity contribution >= 4 is 22.7 Å². The second-order valence-corrected chi connectivity index (χ2v) is 4.87. The van der Waals surface area contributed by atoms with E-state index in [2.05, 4.69) is 4.74 Å². The first kappa shape index (κ1) is 14.1. The van der Waals surface area contributed by atoms with Crippen LogP contribution in [-0.2, 0) is 9.53 Å². The number of ether oxygens (including phenoxy) is 1. The average Bonchev–Trinajstić information content (AvgIpc) is 3.18. The molecule has 0 saturated carbocycles. The maximum atomic E-state index is 12.4. The van der Waals surface area contributed by atoms with Gasteiger partial charge in [0.25, 0.3) is 0 Å². The van der Waals surface area contributed by atoms with Crippen molar-refractivity contribution in [1.29, 1.82) is 0 Å². The zero-order chi connectivity index (χ0) is 15.5. The summed E-state index contributed by atoms with van der Waals surface area (Å²) in [5.41, 5.74) is 1.35. The van der Waals surface area contributed by atoms with Crippen LogP contribution in [0.1, 0.15) is 23.4 Å². The number of aromatic nitrogens is 1. The summed E-state index contributed by atoms with van der Waals surface area (Å²) in [6.07, 6.45) is 3.81. The van der Waals surface area contributed by atoms with E-state index in [1.54, 1.807) is 0 Å². The highest BCUT2D eigenvalue weighted by Crippen LogP contribution is 2.30. The number of furan rings is 1. The largest absolute Gasteiger partial charge is 0.469 e. The number of carbonyl (C=O) groups is 2. The normalized spacial score (nSPS) is 10.8. The van der Waals surface area contributed by atoms with Gasteiger partial charge in [-0.25, -0.2) is 0 Å². The van der Waals surface area contributed by atoms with E-state index in [4.69, 9.17) is 4.42 Å². The lowest BCUT2D eigenvalue weighted by Gasteiger charge is -2.04. The number of para-hydroxylation sites is 1. The molecule has 0 spiro atoms. The Morgan fingerprint density at radius 3 is 2.55 bits per heavy atom. The Bertz CT molecular complexity index is 814. The highest BCUT2D eigenvalue weighted by molar-refractivity contribution is 6.04. The van der Waals surface area contributed by atoms with E-state index in [0.717, 1.165) is 5.39 Å². The monoisotopic (exact) mass is 297 g/mol. The summed E-state index contributed by atoms with van der Waals surface area (Å²) in [7, 11) is 1.30. The number of hydrogen-bond donors (Lipinski definition) is 0. The summed E-state index contributed by atoms with van der Waals surface area (Å²) in [4.78, 5) is 23.7. The van der Waals surface area contributed by atoms with E-state index in [0.29, 0.717) is 11.3 Å². The molecule has 5 heteroatoms. The lowest BCUT2D eigenvalue weighted by atomic mass is 10.1. The van der Waals surface area contributed by atoms with Gasteiger partial charge in [-0.15, -0.1) is 0 Å². The van der Waals surface area contributed by atoms with Crippen LogP contribution in [0.25, 0.3) is 16.7 Å². The summed E-state index contributed by atoms with van der Waals surface area (Å²) < 4.78 is 12.1. The van der Waals surface area contributed by atoms with Crippen molar-refractivity contribution in [1.82, 2.24) is 4.57 Å².